The number of amides is 1. The van der Waals surface area contributed by atoms with Gasteiger partial charge in [-0.15, -0.1) is 11.3 Å². The number of carbonyl (C=O) groups excluding carboxylic acids is 1. The third-order valence-electron chi connectivity index (χ3n) is 2.72. The van der Waals surface area contributed by atoms with Gasteiger partial charge in [-0.3, -0.25) is 10.1 Å². The van der Waals surface area contributed by atoms with E-state index in [1.807, 2.05) is 30.3 Å². The van der Waals surface area contributed by atoms with E-state index in [9.17, 15) is 4.79 Å². The van der Waals surface area contributed by atoms with E-state index >= 15 is 0 Å². The number of ether oxygens (including phenoxy) is 1. The predicted molar refractivity (Wildman–Crippen MR) is 73.2 cm³/mol. The normalized spacial score (nSPS) is 13.1. The number of hydrogen-bond donors (Lipinski definition) is 2. The van der Waals surface area contributed by atoms with Gasteiger partial charge in [0.05, 0.1) is 5.69 Å². The van der Waals surface area contributed by atoms with Gasteiger partial charge in [0.15, 0.2) is 11.7 Å². The Morgan fingerprint density at radius 3 is 3.00 bits per heavy atom. The van der Waals surface area contributed by atoms with Gasteiger partial charge in [0.25, 0.3) is 5.91 Å². The summed E-state index contributed by atoms with van der Waals surface area (Å²) >= 11 is 1.51. The Morgan fingerprint density at radius 2 is 2.21 bits per heavy atom. The number of nitrogens with one attached hydrogen (secondary N) is 2. The number of fused-ring (bicyclic) bond motifs is 1. The standard InChI is InChI=1S/C13H13N3O2S/c17-12(8-18-9-4-2-1-3-5-9)16-13-15-10-6-14-7-11(10)19-13/h1-5,14H,6-8H2,(H,15,16,17). The first kappa shape index (κ1) is 12.1. The summed E-state index contributed by atoms with van der Waals surface area (Å²) in [7, 11) is 0. The molecule has 0 atom stereocenters. The zero-order valence-corrected chi connectivity index (χ0v) is 11.0. The van der Waals surface area contributed by atoms with E-state index in [2.05, 4.69) is 15.6 Å². The Kier molecular flexibility index (Phi) is 3.43. The van der Waals surface area contributed by atoms with Crippen LogP contribution in [0.3, 0.4) is 0 Å². The summed E-state index contributed by atoms with van der Waals surface area (Å²) < 4.78 is 5.37. The molecule has 1 aromatic heterocycles. The molecule has 0 saturated carbocycles. The van der Waals surface area contributed by atoms with Gasteiger partial charge in [0, 0.05) is 18.0 Å². The largest absolute Gasteiger partial charge is 0.484 e. The number of para-hydroxylation sites is 1. The molecule has 98 valence electrons. The fraction of sp³-hybridized carbons (Fsp3) is 0.231. The lowest BCUT2D eigenvalue weighted by Gasteiger charge is -2.05. The van der Waals surface area contributed by atoms with Crippen molar-refractivity contribution in [1.82, 2.24) is 10.3 Å². The highest BCUT2D eigenvalue weighted by Gasteiger charge is 2.17. The van der Waals surface area contributed by atoms with Crippen LogP contribution in [-0.4, -0.2) is 17.5 Å². The van der Waals surface area contributed by atoms with E-state index in [0.717, 1.165) is 18.8 Å². The first-order valence-corrected chi connectivity index (χ1v) is 6.80. The number of carbonyl (C=O) groups is 1. The van der Waals surface area contributed by atoms with Gasteiger partial charge in [-0.1, -0.05) is 18.2 Å². The Labute approximate surface area is 114 Å². The van der Waals surface area contributed by atoms with Gasteiger partial charge >= 0.3 is 0 Å². The van der Waals surface area contributed by atoms with Crippen molar-refractivity contribution in [3.8, 4) is 5.75 Å². The molecular weight excluding hydrogens is 262 g/mol. The molecule has 2 heterocycles. The molecule has 1 amide bonds. The lowest BCUT2D eigenvalue weighted by Crippen LogP contribution is -2.20. The number of rotatable bonds is 4. The van der Waals surface area contributed by atoms with Crippen molar-refractivity contribution in [3.05, 3.63) is 40.9 Å². The molecule has 1 aliphatic heterocycles. The molecule has 0 spiro atoms. The Balaban J connectivity index is 1.53. The summed E-state index contributed by atoms with van der Waals surface area (Å²) in [4.78, 5) is 17.3. The van der Waals surface area contributed by atoms with Crippen molar-refractivity contribution in [2.24, 2.45) is 0 Å². The minimum atomic E-state index is -0.191. The Bertz CT molecular complexity index is 561. The lowest BCUT2D eigenvalue weighted by atomic mass is 10.3. The monoisotopic (exact) mass is 275 g/mol. The highest BCUT2D eigenvalue weighted by Crippen LogP contribution is 2.26. The predicted octanol–water partition coefficient (Wildman–Crippen LogP) is 1.76. The van der Waals surface area contributed by atoms with E-state index in [4.69, 9.17) is 4.74 Å². The van der Waals surface area contributed by atoms with Crippen molar-refractivity contribution in [2.75, 3.05) is 11.9 Å². The van der Waals surface area contributed by atoms with Crippen LogP contribution in [0.15, 0.2) is 30.3 Å². The maximum absolute atomic E-state index is 11.7. The van der Waals surface area contributed by atoms with Crippen LogP contribution >= 0.6 is 11.3 Å². The zero-order chi connectivity index (χ0) is 13.1. The van der Waals surface area contributed by atoms with Crippen LogP contribution < -0.4 is 15.4 Å². The van der Waals surface area contributed by atoms with Crippen LogP contribution in [0.5, 0.6) is 5.75 Å². The van der Waals surface area contributed by atoms with Gasteiger partial charge in [-0.05, 0) is 12.1 Å². The molecule has 1 aliphatic rings. The Hall–Kier alpha value is -1.92. The van der Waals surface area contributed by atoms with Gasteiger partial charge in [0.2, 0.25) is 0 Å². The first-order valence-electron chi connectivity index (χ1n) is 5.98. The van der Waals surface area contributed by atoms with Crippen LogP contribution in [0.2, 0.25) is 0 Å². The van der Waals surface area contributed by atoms with Crippen LogP contribution in [0.25, 0.3) is 0 Å². The molecule has 19 heavy (non-hydrogen) atoms. The fourth-order valence-corrected chi connectivity index (χ4v) is 2.79. The maximum atomic E-state index is 11.7. The van der Waals surface area contributed by atoms with Gasteiger partial charge in [-0.25, -0.2) is 4.98 Å². The molecule has 0 aliphatic carbocycles. The molecule has 5 nitrogen and oxygen atoms in total. The minimum absolute atomic E-state index is 0.00743. The number of aromatic nitrogens is 1. The van der Waals surface area contributed by atoms with Gasteiger partial charge in [-0.2, -0.15) is 0 Å². The molecular formula is C13H13N3O2S. The molecule has 0 bridgehead atoms. The molecule has 2 aromatic rings. The van der Waals surface area contributed by atoms with Crippen molar-refractivity contribution >= 4 is 22.4 Å². The summed E-state index contributed by atoms with van der Waals surface area (Å²) in [5, 5.41) is 6.61. The summed E-state index contributed by atoms with van der Waals surface area (Å²) in [6, 6.07) is 9.27. The number of thiazole rings is 1. The van der Waals surface area contributed by atoms with Crippen LogP contribution in [-0.2, 0) is 17.9 Å². The van der Waals surface area contributed by atoms with Crippen molar-refractivity contribution in [2.45, 2.75) is 13.1 Å². The molecule has 0 unspecified atom stereocenters. The average Bonchev–Trinajstić information content (AvgIpc) is 2.98. The van der Waals surface area contributed by atoms with Crippen LogP contribution in [0, 0.1) is 0 Å². The van der Waals surface area contributed by atoms with Gasteiger partial charge < -0.3 is 10.1 Å². The summed E-state index contributed by atoms with van der Waals surface area (Å²) in [5.74, 6) is 0.493. The summed E-state index contributed by atoms with van der Waals surface area (Å²) in [6.45, 7) is 1.61. The molecule has 0 fully saturated rings. The number of benzene rings is 1. The van der Waals surface area contributed by atoms with E-state index < -0.39 is 0 Å². The summed E-state index contributed by atoms with van der Waals surface area (Å²) in [6.07, 6.45) is 0. The van der Waals surface area contributed by atoms with Crippen LogP contribution in [0.1, 0.15) is 10.6 Å². The molecule has 1 aromatic carbocycles. The van der Waals surface area contributed by atoms with E-state index in [0.29, 0.717) is 10.9 Å². The maximum Gasteiger partial charge on any atom is 0.264 e. The van der Waals surface area contributed by atoms with E-state index in [1.54, 1.807) is 0 Å². The van der Waals surface area contributed by atoms with Crippen molar-refractivity contribution in [3.63, 3.8) is 0 Å². The summed E-state index contributed by atoms with van der Waals surface area (Å²) in [5.41, 5.74) is 1.03. The van der Waals surface area contributed by atoms with Gasteiger partial charge in [0.1, 0.15) is 5.75 Å². The first-order chi connectivity index (χ1) is 9.31. The van der Waals surface area contributed by atoms with E-state index in [1.165, 1.54) is 16.2 Å². The lowest BCUT2D eigenvalue weighted by molar-refractivity contribution is -0.118. The second-order valence-electron chi connectivity index (χ2n) is 4.14. The number of anilines is 1. The third kappa shape index (κ3) is 2.91. The highest BCUT2D eigenvalue weighted by atomic mass is 32.1. The minimum Gasteiger partial charge on any atom is -0.484 e. The average molecular weight is 275 g/mol. The number of nitrogens with zero attached hydrogens (tertiary/aromatic N) is 1. The number of hydrogen-bond acceptors (Lipinski definition) is 5. The highest BCUT2D eigenvalue weighted by molar-refractivity contribution is 7.15. The molecule has 0 saturated heterocycles. The molecule has 6 heteroatoms. The fourth-order valence-electron chi connectivity index (χ4n) is 1.83. The van der Waals surface area contributed by atoms with E-state index in [-0.39, 0.29) is 12.5 Å². The molecule has 3 rings (SSSR count). The zero-order valence-electron chi connectivity index (χ0n) is 10.2. The third-order valence-corrected chi connectivity index (χ3v) is 3.73. The SMILES string of the molecule is O=C(COc1ccccc1)Nc1nc2c(s1)CNC2. The quantitative estimate of drug-likeness (QED) is 0.892. The topological polar surface area (TPSA) is 63.2 Å². The molecule has 2 N–H and O–H groups in total. The Morgan fingerprint density at radius 1 is 1.37 bits per heavy atom. The molecule has 0 radical (unpaired) electrons. The second-order valence-corrected chi connectivity index (χ2v) is 5.23. The van der Waals surface area contributed by atoms with Crippen LogP contribution in [0.4, 0.5) is 5.13 Å². The second kappa shape index (κ2) is 5.38. The smallest absolute Gasteiger partial charge is 0.264 e. The van der Waals surface area contributed by atoms with Crippen molar-refractivity contribution in [1.29, 1.82) is 0 Å². The van der Waals surface area contributed by atoms with Crippen molar-refractivity contribution < 1.29 is 9.53 Å².